The molecule has 4 heteroatoms. The summed E-state index contributed by atoms with van der Waals surface area (Å²) < 4.78 is 0. The third-order valence-electron chi connectivity index (χ3n) is 2.00. The third-order valence-corrected chi connectivity index (χ3v) is 2.00. The molecule has 1 atom stereocenters. The maximum Gasteiger partial charge on any atom is 0.253 e. The highest BCUT2D eigenvalue weighted by Gasteiger charge is 2.09. The van der Waals surface area contributed by atoms with Crippen LogP contribution in [0.4, 0.5) is 5.69 Å². The predicted octanol–water partition coefficient (Wildman–Crippen LogP) is 0.839. The van der Waals surface area contributed by atoms with Crippen molar-refractivity contribution in [3.63, 3.8) is 0 Å². The van der Waals surface area contributed by atoms with Crippen LogP contribution in [0.15, 0.2) is 24.3 Å². The first-order valence-electron chi connectivity index (χ1n) is 4.88. The SMILES string of the molecule is CNc1ccccc1C(=O)NCC(C)O. The van der Waals surface area contributed by atoms with Crippen LogP contribution in [0.1, 0.15) is 17.3 Å². The highest BCUT2D eigenvalue weighted by atomic mass is 16.3. The van der Waals surface area contributed by atoms with Gasteiger partial charge in [-0.2, -0.15) is 0 Å². The lowest BCUT2D eigenvalue weighted by Gasteiger charge is -2.10. The first-order valence-corrected chi connectivity index (χ1v) is 4.88. The van der Waals surface area contributed by atoms with E-state index in [9.17, 15) is 4.79 Å². The van der Waals surface area contributed by atoms with Gasteiger partial charge in [-0.15, -0.1) is 0 Å². The summed E-state index contributed by atoms with van der Waals surface area (Å²) in [5.41, 5.74) is 1.36. The van der Waals surface area contributed by atoms with Gasteiger partial charge >= 0.3 is 0 Å². The van der Waals surface area contributed by atoms with Crippen LogP contribution in [-0.4, -0.2) is 30.7 Å². The summed E-state index contributed by atoms with van der Waals surface area (Å²) in [5.74, 6) is -0.180. The molecule has 1 aromatic rings. The second kappa shape index (κ2) is 5.36. The number of aliphatic hydroxyl groups is 1. The number of aliphatic hydroxyl groups excluding tert-OH is 1. The Balaban J connectivity index is 2.72. The average Bonchev–Trinajstić information content (AvgIpc) is 2.25. The Bertz CT molecular complexity index is 337. The fraction of sp³-hybridized carbons (Fsp3) is 0.364. The zero-order valence-electron chi connectivity index (χ0n) is 8.95. The van der Waals surface area contributed by atoms with E-state index in [1.165, 1.54) is 0 Å². The lowest BCUT2D eigenvalue weighted by Crippen LogP contribution is -2.30. The van der Waals surface area contributed by atoms with Crippen molar-refractivity contribution in [2.75, 3.05) is 18.9 Å². The molecule has 0 heterocycles. The molecular weight excluding hydrogens is 192 g/mol. The fourth-order valence-corrected chi connectivity index (χ4v) is 1.23. The Kier molecular flexibility index (Phi) is 4.12. The van der Waals surface area contributed by atoms with Crippen LogP contribution in [0.2, 0.25) is 0 Å². The number of hydrogen-bond donors (Lipinski definition) is 3. The summed E-state index contributed by atoms with van der Waals surface area (Å²) in [6.45, 7) is 1.89. The summed E-state index contributed by atoms with van der Waals surface area (Å²) >= 11 is 0. The van der Waals surface area contributed by atoms with Gasteiger partial charge in [-0.1, -0.05) is 12.1 Å². The zero-order valence-corrected chi connectivity index (χ0v) is 8.95. The molecule has 3 N–H and O–H groups in total. The summed E-state index contributed by atoms with van der Waals surface area (Å²) in [7, 11) is 1.76. The first-order chi connectivity index (χ1) is 7.15. The molecule has 0 spiro atoms. The molecule has 0 saturated carbocycles. The maximum absolute atomic E-state index is 11.7. The molecule has 0 fully saturated rings. The van der Waals surface area contributed by atoms with E-state index in [0.29, 0.717) is 5.56 Å². The van der Waals surface area contributed by atoms with Gasteiger partial charge in [0.15, 0.2) is 0 Å². The maximum atomic E-state index is 11.7. The number of hydrogen-bond acceptors (Lipinski definition) is 3. The van der Waals surface area contributed by atoms with Gasteiger partial charge < -0.3 is 15.7 Å². The third kappa shape index (κ3) is 3.25. The normalized spacial score (nSPS) is 11.9. The number of anilines is 1. The first kappa shape index (κ1) is 11.5. The Morgan fingerprint density at radius 2 is 2.13 bits per heavy atom. The van der Waals surface area contributed by atoms with Gasteiger partial charge in [-0.3, -0.25) is 4.79 Å². The Hall–Kier alpha value is -1.55. The van der Waals surface area contributed by atoms with E-state index in [1.807, 2.05) is 12.1 Å². The summed E-state index contributed by atoms with van der Waals surface area (Å²) in [6.07, 6.45) is -0.532. The average molecular weight is 208 g/mol. The van der Waals surface area contributed by atoms with Crippen LogP contribution in [0.3, 0.4) is 0 Å². The largest absolute Gasteiger partial charge is 0.392 e. The van der Waals surface area contributed by atoms with Gasteiger partial charge in [-0.25, -0.2) is 0 Å². The second-order valence-corrected chi connectivity index (χ2v) is 3.35. The van der Waals surface area contributed by atoms with Gasteiger partial charge in [-0.05, 0) is 19.1 Å². The van der Waals surface area contributed by atoms with Crippen LogP contribution < -0.4 is 10.6 Å². The fourth-order valence-electron chi connectivity index (χ4n) is 1.23. The molecule has 4 nitrogen and oxygen atoms in total. The topological polar surface area (TPSA) is 61.4 Å². The van der Waals surface area contributed by atoms with Gasteiger partial charge in [0.25, 0.3) is 5.91 Å². The van der Waals surface area contributed by atoms with E-state index in [1.54, 1.807) is 26.1 Å². The molecule has 0 bridgehead atoms. The standard InChI is InChI=1S/C11H16N2O2/c1-8(14)7-13-11(15)9-5-3-4-6-10(9)12-2/h3-6,8,12,14H,7H2,1-2H3,(H,13,15). The molecule has 1 unspecified atom stereocenters. The number of carbonyl (C=O) groups is 1. The van der Waals surface area contributed by atoms with E-state index < -0.39 is 6.10 Å². The molecule has 0 aliphatic rings. The highest BCUT2D eigenvalue weighted by Crippen LogP contribution is 2.13. The van der Waals surface area contributed by atoms with Crippen LogP contribution in [0.25, 0.3) is 0 Å². The van der Waals surface area contributed by atoms with Gasteiger partial charge in [0.1, 0.15) is 0 Å². The van der Waals surface area contributed by atoms with Crippen molar-refractivity contribution in [1.82, 2.24) is 5.32 Å². The van der Waals surface area contributed by atoms with Crippen LogP contribution in [0.5, 0.6) is 0 Å². The molecule has 0 saturated heterocycles. The summed E-state index contributed by atoms with van der Waals surface area (Å²) in [4.78, 5) is 11.7. The zero-order chi connectivity index (χ0) is 11.3. The minimum atomic E-state index is -0.532. The van der Waals surface area contributed by atoms with Gasteiger partial charge in [0.05, 0.1) is 11.7 Å². The number of nitrogens with one attached hydrogen (secondary N) is 2. The minimum absolute atomic E-state index is 0.180. The van der Waals surface area contributed by atoms with Crippen LogP contribution >= 0.6 is 0 Å². The van der Waals surface area contributed by atoms with E-state index >= 15 is 0 Å². The molecule has 82 valence electrons. The molecule has 1 amide bonds. The van der Waals surface area contributed by atoms with Gasteiger partial charge in [0.2, 0.25) is 0 Å². The smallest absolute Gasteiger partial charge is 0.253 e. The Morgan fingerprint density at radius 3 is 2.73 bits per heavy atom. The van der Waals surface area contributed by atoms with Crippen molar-refractivity contribution in [3.8, 4) is 0 Å². The van der Waals surface area contributed by atoms with E-state index in [4.69, 9.17) is 5.11 Å². The molecule has 1 rings (SSSR count). The quantitative estimate of drug-likeness (QED) is 0.687. The second-order valence-electron chi connectivity index (χ2n) is 3.35. The number of para-hydroxylation sites is 1. The van der Waals surface area contributed by atoms with Crippen molar-refractivity contribution in [3.05, 3.63) is 29.8 Å². The molecule has 0 aliphatic heterocycles. The van der Waals surface area contributed by atoms with Crippen molar-refractivity contribution in [1.29, 1.82) is 0 Å². The number of rotatable bonds is 4. The Morgan fingerprint density at radius 1 is 1.47 bits per heavy atom. The van der Waals surface area contributed by atoms with E-state index in [2.05, 4.69) is 10.6 Å². The number of carbonyl (C=O) groups excluding carboxylic acids is 1. The monoisotopic (exact) mass is 208 g/mol. The summed E-state index contributed by atoms with van der Waals surface area (Å²) in [6, 6.07) is 7.23. The van der Waals surface area contributed by atoms with Crippen LogP contribution in [0, 0.1) is 0 Å². The number of benzene rings is 1. The molecule has 0 aromatic heterocycles. The lowest BCUT2D eigenvalue weighted by molar-refractivity contribution is 0.0925. The molecule has 0 aliphatic carbocycles. The molecule has 15 heavy (non-hydrogen) atoms. The predicted molar refractivity (Wildman–Crippen MR) is 60.0 cm³/mol. The lowest BCUT2D eigenvalue weighted by atomic mass is 10.1. The summed E-state index contributed by atoms with van der Waals surface area (Å²) in [5, 5.41) is 14.6. The molecular formula is C11H16N2O2. The van der Waals surface area contributed by atoms with Crippen LogP contribution in [-0.2, 0) is 0 Å². The highest BCUT2D eigenvalue weighted by molar-refractivity contribution is 5.99. The van der Waals surface area contributed by atoms with Crippen molar-refractivity contribution in [2.24, 2.45) is 0 Å². The minimum Gasteiger partial charge on any atom is -0.392 e. The van der Waals surface area contributed by atoms with Crippen molar-refractivity contribution < 1.29 is 9.90 Å². The van der Waals surface area contributed by atoms with E-state index in [0.717, 1.165) is 5.69 Å². The van der Waals surface area contributed by atoms with Crippen molar-refractivity contribution >= 4 is 11.6 Å². The molecule has 1 aromatic carbocycles. The van der Waals surface area contributed by atoms with Crippen molar-refractivity contribution in [2.45, 2.75) is 13.0 Å². The molecule has 0 radical (unpaired) electrons. The van der Waals surface area contributed by atoms with Gasteiger partial charge in [0, 0.05) is 19.3 Å². The van der Waals surface area contributed by atoms with E-state index in [-0.39, 0.29) is 12.5 Å². The Labute approximate surface area is 89.3 Å². The number of amides is 1.